The summed E-state index contributed by atoms with van der Waals surface area (Å²) in [5, 5.41) is 11.1. The van der Waals surface area contributed by atoms with Crippen molar-refractivity contribution in [3.05, 3.63) is 48.3 Å². The summed E-state index contributed by atoms with van der Waals surface area (Å²) in [5.74, 6) is 2.51. The number of nitrogens with one attached hydrogen (secondary N) is 2. The van der Waals surface area contributed by atoms with E-state index in [0.717, 1.165) is 57.4 Å². The monoisotopic (exact) mass is 398 g/mol. The third-order valence-corrected chi connectivity index (χ3v) is 5.47. The van der Waals surface area contributed by atoms with Crippen molar-refractivity contribution in [2.24, 2.45) is 10.9 Å². The molecule has 1 fully saturated rings. The summed E-state index contributed by atoms with van der Waals surface area (Å²) in [7, 11) is 3.54. The number of ether oxygens (including phenoxy) is 1. The van der Waals surface area contributed by atoms with Crippen molar-refractivity contribution in [1.82, 2.24) is 25.3 Å². The van der Waals surface area contributed by atoms with Gasteiger partial charge in [0.2, 0.25) is 0 Å². The molecule has 1 saturated heterocycles. The highest BCUT2D eigenvalue weighted by Gasteiger charge is 2.19. The van der Waals surface area contributed by atoms with Crippen molar-refractivity contribution in [3.63, 3.8) is 0 Å². The first-order chi connectivity index (χ1) is 14.3. The first kappa shape index (κ1) is 21.2. The Balaban J connectivity index is 1.30. The van der Waals surface area contributed by atoms with Crippen LogP contribution in [0.15, 0.2) is 47.7 Å². The summed E-state index contributed by atoms with van der Waals surface area (Å²) in [4.78, 5) is 6.89. The van der Waals surface area contributed by atoms with Crippen molar-refractivity contribution in [1.29, 1.82) is 0 Å². The van der Waals surface area contributed by atoms with Gasteiger partial charge in [-0.1, -0.05) is 12.1 Å². The molecule has 1 aliphatic heterocycles. The fourth-order valence-corrected chi connectivity index (χ4v) is 3.68. The van der Waals surface area contributed by atoms with Crippen molar-refractivity contribution in [2.45, 2.75) is 32.4 Å². The molecule has 29 heavy (non-hydrogen) atoms. The summed E-state index contributed by atoms with van der Waals surface area (Å²) in [6.45, 7) is 6.10. The zero-order valence-corrected chi connectivity index (χ0v) is 17.7. The van der Waals surface area contributed by atoms with Crippen LogP contribution in [0.25, 0.3) is 0 Å². The van der Waals surface area contributed by atoms with Gasteiger partial charge in [-0.15, -0.1) is 0 Å². The van der Waals surface area contributed by atoms with Crippen molar-refractivity contribution in [2.75, 3.05) is 40.3 Å². The van der Waals surface area contributed by atoms with Crippen LogP contribution in [0.5, 0.6) is 5.75 Å². The van der Waals surface area contributed by atoms with Crippen LogP contribution in [0.1, 0.15) is 24.8 Å². The Bertz CT molecular complexity index is 720. The van der Waals surface area contributed by atoms with Gasteiger partial charge >= 0.3 is 0 Å². The van der Waals surface area contributed by atoms with Crippen LogP contribution in [0, 0.1) is 5.92 Å². The predicted molar refractivity (Wildman–Crippen MR) is 117 cm³/mol. The Morgan fingerprint density at radius 1 is 1.21 bits per heavy atom. The molecule has 1 aliphatic rings. The SMILES string of the molecule is CN=C(NCCCn1cccn1)NCC1CCN(Cc2ccc(OC)cc2)CC1. The number of benzene rings is 1. The fourth-order valence-electron chi connectivity index (χ4n) is 3.68. The molecule has 1 aromatic carbocycles. The molecule has 0 unspecified atom stereocenters. The fraction of sp³-hybridized carbons (Fsp3) is 0.545. The minimum absolute atomic E-state index is 0.699. The topological polar surface area (TPSA) is 66.7 Å². The molecule has 3 rings (SSSR count). The number of likely N-dealkylation sites (tertiary alicyclic amines) is 1. The number of piperidine rings is 1. The molecular formula is C22H34N6O. The lowest BCUT2D eigenvalue weighted by atomic mass is 9.96. The maximum atomic E-state index is 5.24. The van der Waals surface area contributed by atoms with Crippen LogP contribution < -0.4 is 15.4 Å². The van der Waals surface area contributed by atoms with Gasteiger partial charge in [-0.25, -0.2) is 0 Å². The number of methoxy groups -OCH3 is 1. The normalized spacial score (nSPS) is 16.0. The average molecular weight is 399 g/mol. The molecule has 0 aliphatic carbocycles. The quantitative estimate of drug-likeness (QED) is 0.386. The third-order valence-electron chi connectivity index (χ3n) is 5.47. The predicted octanol–water partition coefficient (Wildman–Crippen LogP) is 2.36. The molecule has 2 N–H and O–H groups in total. The van der Waals surface area contributed by atoms with Crippen molar-refractivity contribution >= 4 is 5.96 Å². The van der Waals surface area contributed by atoms with Crippen LogP contribution in [0.2, 0.25) is 0 Å². The Morgan fingerprint density at radius 2 is 2.00 bits per heavy atom. The first-order valence-corrected chi connectivity index (χ1v) is 10.5. The van der Waals surface area contributed by atoms with E-state index in [4.69, 9.17) is 4.74 Å². The molecule has 158 valence electrons. The molecule has 7 heteroatoms. The summed E-state index contributed by atoms with van der Waals surface area (Å²) in [6, 6.07) is 10.4. The molecule has 0 saturated carbocycles. The standard InChI is InChI=1S/C22H34N6O/c1-23-22(24-11-3-13-28-14-4-12-26-28)25-17-19-9-15-27(16-10-19)18-20-5-7-21(29-2)8-6-20/h4-8,12,14,19H,3,9-11,13,15-18H2,1-2H3,(H2,23,24,25). The number of guanidine groups is 1. The number of hydrogen-bond acceptors (Lipinski definition) is 4. The Labute approximate surface area is 174 Å². The molecule has 0 bridgehead atoms. The third kappa shape index (κ3) is 7.09. The van der Waals surface area contributed by atoms with E-state index in [2.05, 4.69) is 37.8 Å². The molecule has 7 nitrogen and oxygen atoms in total. The van der Waals surface area contributed by atoms with Crippen LogP contribution in [-0.2, 0) is 13.1 Å². The van der Waals surface area contributed by atoms with Gasteiger partial charge < -0.3 is 15.4 Å². The highest BCUT2D eigenvalue weighted by atomic mass is 16.5. The summed E-state index contributed by atoms with van der Waals surface area (Å²) in [5.41, 5.74) is 1.35. The van der Waals surface area contributed by atoms with E-state index in [-0.39, 0.29) is 0 Å². The summed E-state index contributed by atoms with van der Waals surface area (Å²) in [6.07, 6.45) is 7.27. The highest BCUT2D eigenvalue weighted by molar-refractivity contribution is 5.79. The van der Waals surface area contributed by atoms with Crippen LogP contribution in [-0.4, -0.2) is 61.0 Å². The van der Waals surface area contributed by atoms with E-state index in [0.29, 0.717) is 5.92 Å². The number of hydrogen-bond donors (Lipinski definition) is 2. The van der Waals surface area contributed by atoms with E-state index >= 15 is 0 Å². The Kier molecular flexibility index (Phi) is 8.37. The van der Waals surface area contributed by atoms with Gasteiger partial charge in [0, 0.05) is 45.6 Å². The van der Waals surface area contributed by atoms with E-state index in [9.17, 15) is 0 Å². The lowest BCUT2D eigenvalue weighted by Crippen LogP contribution is -2.43. The summed E-state index contributed by atoms with van der Waals surface area (Å²) < 4.78 is 7.19. The van der Waals surface area contributed by atoms with Gasteiger partial charge in [0.1, 0.15) is 5.75 Å². The van der Waals surface area contributed by atoms with Gasteiger partial charge in [0.15, 0.2) is 5.96 Å². The summed E-state index contributed by atoms with van der Waals surface area (Å²) >= 11 is 0. The number of rotatable bonds is 9. The number of aromatic nitrogens is 2. The van der Waals surface area contributed by atoms with Crippen LogP contribution in [0.3, 0.4) is 0 Å². The number of aryl methyl sites for hydroxylation is 1. The van der Waals surface area contributed by atoms with E-state index < -0.39 is 0 Å². The zero-order chi connectivity index (χ0) is 20.3. The average Bonchev–Trinajstić information content (AvgIpc) is 3.28. The van der Waals surface area contributed by atoms with Gasteiger partial charge in [0.05, 0.1) is 7.11 Å². The van der Waals surface area contributed by atoms with E-state index in [1.165, 1.54) is 18.4 Å². The molecule has 1 aromatic heterocycles. The van der Waals surface area contributed by atoms with E-state index in [1.807, 2.05) is 42.3 Å². The lowest BCUT2D eigenvalue weighted by molar-refractivity contribution is 0.178. The lowest BCUT2D eigenvalue weighted by Gasteiger charge is -2.32. The van der Waals surface area contributed by atoms with Crippen LogP contribution in [0.4, 0.5) is 0 Å². The second-order valence-electron chi connectivity index (χ2n) is 7.57. The molecule has 2 aromatic rings. The Hall–Kier alpha value is -2.54. The van der Waals surface area contributed by atoms with Gasteiger partial charge in [-0.2, -0.15) is 5.10 Å². The van der Waals surface area contributed by atoms with Crippen molar-refractivity contribution in [3.8, 4) is 5.75 Å². The zero-order valence-electron chi connectivity index (χ0n) is 17.7. The van der Waals surface area contributed by atoms with Gasteiger partial charge in [-0.3, -0.25) is 14.6 Å². The maximum absolute atomic E-state index is 5.24. The second-order valence-corrected chi connectivity index (χ2v) is 7.57. The van der Waals surface area contributed by atoms with Gasteiger partial charge in [0.25, 0.3) is 0 Å². The minimum Gasteiger partial charge on any atom is -0.497 e. The number of aliphatic imine (C=N–C) groups is 1. The molecule has 0 amide bonds. The van der Waals surface area contributed by atoms with Gasteiger partial charge in [-0.05, 0) is 62.0 Å². The first-order valence-electron chi connectivity index (χ1n) is 10.5. The molecular weight excluding hydrogens is 364 g/mol. The number of nitrogens with zero attached hydrogens (tertiary/aromatic N) is 4. The van der Waals surface area contributed by atoms with E-state index in [1.54, 1.807) is 7.11 Å². The molecule has 0 radical (unpaired) electrons. The second kappa shape index (κ2) is 11.5. The maximum Gasteiger partial charge on any atom is 0.190 e. The minimum atomic E-state index is 0.699. The molecule has 2 heterocycles. The van der Waals surface area contributed by atoms with Crippen LogP contribution >= 0.6 is 0 Å². The molecule has 0 spiro atoms. The largest absolute Gasteiger partial charge is 0.497 e. The van der Waals surface area contributed by atoms with Crippen molar-refractivity contribution < 1.29 is 4.74 Å². The molecule has 0 atom stereocenters. The highest BCUT2D eigenvalue weighted by Crippen LogP contribution is 2.19. The Morgan fingerprint density at radius 3 is 2.66 bits per heavy atom. The smallest absolute Gasteiger partial charge is 0.190 e.